The van der Waals surface area contributed by atoms with Gasteiger partial charge in [0.25, 0.3) is 5.56 Å². The van der Waals surface area contributed by atoms with Crippen LogP contribution in [0.25, 0.3) is 0 Å². The molecule has 0 saturated carbocycles. The van der Waals surface area contributed by atoms with Crippen molar-refractivity contribution in [3.63, 3.8) is 0 Å². The van der Waals surface area contributed by atoms with Crippen LogP contribution >= 0.6 is 11.3 Å². The fourth-order valence-electron chi connectivity index (χ4n) is 4.31. The Bertz CT molecular complexity index is 1040. The quantitative estimate of drug-likeness (QED) is 0.138. The van der Waals surface area contributed by atoms with Gasteiger partial charge >= 0.3 is 0 Å². The van der Waals surface area contributed by atoms with Crippen molar-refractivity contribution in [3.8, 4) is 0 Å². The third kappa shape index (κ3) is 8.59. The van der Waals surface area contributed by atoms with E-state index < -0.39 is 11.9 Å². The average molecular weight is 502 g/mol. The lowest BCUT2D eigenvalue weighted by atomic mass is 9.92. The predicted molar refractivity (Wildman–Crippen MR) is 138 cm³/mol. The fourth-order valence-corrected chi connectivity index (χ4v) is 4.94. The number of Topliss-reactive ketones (excluding diaryl/α,β-unsaturated/α-hetero) is 1. The Morgan fingerprint density at radius 1 is 1.29 bits per heavy atom. The molecular weight excluding hydrogens is 466 g/mol. The summed E-state index contributed by atoms with van der Waals surface area (Å²) < 4.78 is 1.40. The summed E-state index contributed by atoms with van der Waals surface area (Å²) in [5.41, 5.74) is 11.3. The Morgan fingerprint density at radius 3 is 2.80 bits per heavy atom. The van der Waals surface area contributed by atoms with Crippen molar-refractivity contribution in [1.29, 1.82) is 0 Å². The predicted octanol–water partition coefficient (Wildman–Crippen LogP) is 1.05. The number of ketones is 1. The summed E-state index contributed by atoms with van der Waals surface area (Å²) in [7, 11) is 0. The van der Waals surface area contributed by atoms with Crippen molar-refractivity contribution in [3.05, 3.63) is 50.8 Å². The number of carbonyl (C=O) groups is 2. The van der Waals surface area contributed by atoms with E-state index in [2.05, 4.69) is 20.6 Å². The molecule has 10 nitrogen and oxygen atoms in total. The van der Waals surface area contributed by atoms with Gasteiger partial charge in [-0.25, -0.2) is 4.98 Å². The summed E-state index contributed by atoms with van der Waals surface area (Å²) in [5.74, 6) is 0.0202. The van der Waals surface area contributed by atoms with Gasteiger partial charge in [0, 0.05) is 29.9 Å². The minimum Gasteiger partial charge on any atom is -0.370 e. The number of aromatic nitrogens is 2. The van der Waals surface area contributed by atoms with Crippen LogP contribution in [0.15, 0.2) is 39.7 Å². The summed E-state index contributed by atoms with van der Waals surface area (Å²) in [5, 5.41) is 8.18. The van der Waals surface area contributed by atoms with Crippen LogP contribution in [0, 0.1) is 5.92 Å². The number of amides is 1. The molecule has 1 aliphatic heterocycles. The molecule has 1 amide bonds. The van der Waals surface area contributed by atoms with Crippen molar-refractivity contribution in [2.45, 2.75) is 57.5 Å². The number of guanidine groups is 1. The van der Waals surface area contributed by atoms with E-state index in [1.165, 1.54) is 28.7 Å². The second-order valence-electron chi connectivity index (χ2n) is 8.82. The Kier molecular flexibility index (Phi) is 10.4. The van der Waals surface area contributed by atoms with Gasteiger partial charge in [0.1, 0.15) is 6.54 Å². The van der Waals surface area contributed by atoms with E-state index in [-0.39, 0.29) is 23.8 Å². The molecule has 3 rings (SSSR count). The maximum Gasteiger partial charge on any atom is 0.254 e. The van der Waals surface area contributed by atoms with Gasteiger partial charge in [-0.15, -0.1) is 11.3 Å². The first-order chi connectivity index (χ1) is 16.9. The summed E-state index contributed by atoms with van der Waals surface area (Å²) in [4.78, 5) is 46.6. The van der Waals surface area contributed by atoms with Gasteiger partial charge in [0.2, 0.25) is 11.7 Å². The van der Waals surface area contributed by atoms with Crippen LogP contribution in [0.3, 0.4) is 0 Å². The number of aliphatic imine (C=N–C) groups is 1. The van der Waals surface area contributed by atoms with Crippen molar-refractivity contribution < 1.29 is 9.59 Å². The summed E-state index contributed by atoms with van der Waals surface area (Å²) in [6.45, 7) is 2.33. The van der Waals surface area contributed by atoms with Crippen LogP contribution in [0.2, 0.25) is 0 Å². The number of nitrogens with two attached hydrogens (primary N) is 2. The number of thiazole rings is 1. The highest BCUT2D eigenvalue weighted by Gasteiger charge is 2.24. The fraction of sp³-hybridized carbons (Fsp3) is 0.542. The molecule has 0 bridgehead atoms. The van der Waals surface area contributed by atoms with Crippen LogP contribution in [0.5, 0.6) is 0 Å². The third-order valence-electron chi connectivity index (χ3n) is 6.17. The molecular formula is C24H35N7O3S. The number of piperidine rings is 1. The minimum atomic E-state index is -0.772. The molecule has 1 saturated heterocycles. The van der Waals surface area contributed by atoms with Gasteiger partial charge in [-0.3, -0.25) is 19.4 Å². The summed E-state index contributed by atoms with van der Waals surface area (Å²) in [6, 6.07) is 2.85. The lowest BCUT2D eigenvalue weighted by Gasteiger charge is -2.22. The Labute approximate surface area is 209 Å². The smallest absolute Gasteiger partial charge is 0.254 e. The van der Waals surface area contributed by atoms with Crippen LogP contribution in [-0.2, 0) is 17.8 Å². The maximum atomic E-state index is 12.9. The van der Waals surface area contributed by atoms with Crippen LogP contribution in [-0.4, -0.2) is 52.9 Å². The molecule has 0 radical (unpaired) electrons. The lowest BCUT2D eigenvalue weighted by molar-refractivity contribution is -0.122. The highest BCUT2D eigenvalue weighted by atomic mass is 32.1. The number of hydrogen-bond donors (Lipinski definition) is 4. The van der Waals surface area contributed by atoms with Crippen LogP contribution in [0.4, 0.5) is 0 Å². The van der Waals surface area contributed by atoms with E-state index in [0.717, 1.165) is 25.9 Å². The molecule has 2 aromatic heterocycles. The zero-order valence-electron chi connectivity index (χ0n) is 19.9. The molecule has 0 spiro atoms. The SMILES string of the molecule is NC(N)=NCCC[C@H](NC(=O)Cn1cccc(CCCC2CCNCC2)c1=O)C(=O)c1nccs1. The molecule has 0 aromatic carbocycles. The van der Waals surface area contributed by atoms with Gasteiger partial charge in [-0.2, -0.15) is 0 Å². The monoisotopic (exact) mass is 501 g/mol. The number of pyridine rings is 1. The molecule has 35 heavy (non-hydrogen) atoms. The van der Waals surface area contributed by atoms with Gasteiger partial charge in [-0.05, 0) is 63.6 Å². The highest BCUT2D eigenvalue weighted by Crippen LogP contribution is 2.18. The first kappa shape index (κ1) is 26.6. The number of nitrogens with zero attached hydrogens (tertiary/aromatic N) is 3. The summed E-state index contributed by atoms with van der Waals surface area (Å²) >= 11 is 1.22. The van der Waals surface area contributed by atoms with Gasteiger partial charge < -0.3 is 26.7 Å². The number of rotatable bonds is 13. The zero-order chi connectivity index (χ0) is 25.0. The van der Waals surface area contributed by atoms with E-state index in [0.29, 0.717) is 42.3 Å². The molecule has 2 aromatic rings. The van der Waals surface area contributed by atoms with Crippen LogP contribution in [0.1, 0.15) is 53.9 Å². The number of aryl methyl sites for hydroxylation is 1. The Balaban J connectivity index is 1.58. The molecule has 1 fully saturated rings. The maximum absolute atomic E-state index is 12.9. The molecule has 6 N–H and O–H groups in total. The van der Waals surface area contributed by atoms with Crippen molar-refractivity contribution in [1.82, 2.24) is 20.2 Å². The average Bonchev–Trinajstić information content (AvgIpc) is 3.38. The first-order valence-corrected chi connectivity index (χ1v) is 13.0. The molecule has 3 heterocycles. The molecule has 1 aliphatic rings. The number of nitrogens with one attached hydrogen (secondary N) is 2. The zero-order valence-corrected chi connectivity index (χ0v) is 20.8. The van der Waals surface area contributed by atoms with Crippen LogP contribution < -0.4 is 27.7 Å². The first-order valence-electron chi connectivity index (χ1n) is 12.1. The summed E-state index contributed by atoms with van der Waals surface area (Å²) in [6.07, 6.45) is 9.15. The highest BCUT2D eigenvalue weighted by molar-refractivity contribution is 7.11. The van der Waals surface area contributed by atoms with Crippen molar-refractivity contribution in [2.75, 3.05) is 19.6 Å². The van der Waals surface area contributed by atoms with E-state index in [9.17, 15) is 14.4 Å². The topological polar surface area (TPSA) is 157 Å². The molecule has 0 aliphatic carbocycles. The van der Waals surface area contributed by atoms with E-state index in [1.807, 2.05) is 6.07 Å². The third-order valence-corrected chi connectivity index (χ3v) is 6.96. The molecule has 1 atom stereocenters. The molecule has 0 unspecified atom stereocenters. The van der Waals surface area contributed by atoms with Gasteiger partial charge in [-0.1, -0.05) is 12.5 Å². The van der Waals surface area contributed by atoms with Crippen molar-refractivity contribution in [2.24, 2.45) is 22.4 Å². The second kappa shape index (κ2) is 13.7. The van der Waals surface area contributed by atoms with E-state index in [1.54, 1.807) is 23.8 Å². The second-order valence-corrected chi connectivity index (χ2v) is 9.72. The van der Waals surface area contributed by atoms with Crippen molar-refractivity contribution >= 4 is 29.0 Å². The largest absolute Gasteiger partial charge is 0.370 e. The molecule has 190 valence electrons. The normalized spacial score (nSPS) is 14.9. The van der Waals surface area contributed by atoms with E-state index in [4.69, 9.17) is 11.5 Å². The number of carbonyl (C=O) groups excluding carboxylic acids is 2. The Hall–Kier alpha value is -3.05. The standard InChI is InChI=1S/C24H35N7O3S/c25-24(26)29-10-2-7-19(21(33)22-28-13-15-35-22)30-20(32)16-31-14-3-6-18(23(31)34)5-1-4-17-8-11-27-12-9-17/h3,6,13-15,17,19,27H,1-2,4-5,7-12,16H2,(H,30,32)(H4,25,26,29)/t19-/m0/s1. The van der Waals surface area contributed by atoms with Gasteiger partial charge in [0.05, 0.1) is 6.04 Å². The van der Waals surface area contributed by atoms with Gasteiger partial charge in [0.15, 0.2) is 11.0 Å². The van der Waals surface area contributed by atoms with E-state index >= 15 is 0 Å². The minimum absolute atomic E-state index is 0.0214. The molecule has 11 heteroatoms. The Morgan fingerprint density at radius 2 is 2.09 bits per heavy atom. The lowest BCUT2D eigenvalue weighted by Crippen LogP contribution is -2.43. The number of hydrogen-bond acceptors (Lipinski definition) is 7.